The highest BCUT2D eigenvalue weighted by Crippen LogP contribution is 2.32. The van der Waals surface area contributed by atoms with Crippen LogP contribution in [-0.4, -0.2) is 54.8 Å². The monoisotopic (exact) mass is 394 g/mol. The van der Waals surface area contributed by atoms with Crippen LogP contribution in [0.3, 0.4) is 0 Å². The number of halogens is 1. The summed E-state index contributed by atoms with van der Waals surface area (Å²) in [7, 11) is -2.77. The van der Waals surface area contributed by atoms with E-state index in [1.807, 2.05) is 0 Å². The zero-order valence-corrected chi connectivity index (χ0v) is 15.3. The van der Waals surface area contributed by atoms with E-state index >= 15 is 0 Å². The molecule has 0 unspecified atom stereocenters. The Labute approximate surface area is 148 Å². The molecule has 1 aromatic carbocycles. The van der Waals surface area contributed by atoms with E-state index in [0.29, 0.717) is 5.75 Å². The lowest BCUT2D eigenvalue weighted by Gasteiger charge is -2.30. The Balaban J connectivity index is 2.40. The molecule has 0 bridgehead atoms. The van der Waals surface area contributed by atoms with E-state index < -0.39 is 26.2 Å². The summed E-state index contributed by atoms with van der Waals surface area (Å²) in [5.41, 5.74) is -0.167. The number of ether oxygens (including phenoxy) is 1. The molecule has 1 aromatic rings. The summed E-state index contributed by atoms with van der Waals surface area (Å²) in [6, 6.07) is 2.18. The number of nitro groups is 1. The summed E-state index contributed by atoms with van der Waals surface area (Å²) in [6.07, 6.45) is 0. The maximum atomic E-state index is 12.8. The van der Waals surface area contributed by atoms with Crippen LogP contribution < -0.4 is 0 Å². The number of nitrogens with zero attached hydrogens (tertiary/aromatic N) is 2. The number of nitro benzene ring substituents is 1. The Hall–Kier alpha value is -1.36. The maximum absolute atomic E-state index is 12.8. The topological polar surface area (TPSA) is 107 Å². The van der Waals surface area contributed by atoms with Gasteiger partial charge in [-0.15, -0.1) is 11.8 Å². The molecule has 132 valence electrons. The van der Waals surface area contributed by atoms with E-state index in [9.17, 15) is 23.3 Å². The normalized spacial score (nSPS) is 19.0. The molecular formula is C13H15ClN2O6S2. The molecule has 2 rings (SSSR count). The van der Waals surface area contributed by atoms with Crippen molar-refractivity contribution < 1.29 is 22.9 Å². The van der Waals surface area contributed by atoms with Crippen molar-refractivity contribution in [3.8, 4) is 0 Å². The van der Waals surface area contributed by atoms with Gasteiger partial charge in [0.1, 0.15) is 5.25 Å². The smallest absolute Gasteiger partial charge is 0.320 e. The van der Waals surface area contributed by atoms with Crippen LogP contribution in [0.1, 0.15) is 5.56 Å². The van der Waals surface area contributed by atoms with Gasteiger partial charge >= 0.3 is 5.97 Å². The first-order valence-corrected chi connectivity index (χ1v) is 9.69. The number of benzene rings is 1. The summed E-state index contributed by atoms with van der Waals surface area (Å²) in [6.45, 7) is 1.58. The van der Waals surface area contributed by atoms with E-state index in [-0.39, 0.29) is 34.3 Å². The lowest BCUT2D eigenvalue weighted by Crippen LogP contribution is -2.44. The van der Waals surface area contributed by atoms with Crippen molar-refractivity contribution in [3.63, 3.8) is 0 Å². The molecule has 1 atom stereocenters. The Morgan fingerprint density at radius 2 is 2.17 bits per heavy atom. The van der Waals surface area contributed by atoms with E-state index in [1.54, 1.807) is 0 Å². The fourth-order valence-corrected chi connectivity index (χ4v) is 5.37. The average molecular weight is 395 g/mol. The lowest BCUT2D eigenvalue weighted by atomic mass is 10.2. The van der Waals surface area contributed by atoms with Crippen molar-refractivity contribution in [2.24, 2.45) is 0 Å². The molecule has 1 saturated heterocycles. The van der Waals surface area contributed by atoms with Gasteiger partial charge in [0.25, 0.3) is 5.69 Å². The predicted octanol–water partition coefficient (Wildman–Crippen LogP) is 1.84. The number of methoxy groups -OCH3 is 1. The number of thioether (sulfide) groups is 1. The van der Waals surface area contributed by atoms with Gasteiger partial charge in [0, 0.05) is 30.5 Å². The Morgan fingerprint density at radius 3 is 2.75 bits per heavy atom. The number of carbonyl (C=O) groups is 1. The van der Waals surface area contributed by atoms with Gasteiger partial charge in [-0.2, -0.15) is 4.31 Å². The highest BCUT2D eigenvalue weighted by atomic mass is 35.5. The van der Waals surface area contributed by atoms with Crippen LogP contribution in [0, 0.1) is 17.0 Å². The second-order valence-corrected chi connectivity index (χ2v) is 8.71. The third-order valence-electron chi connectivity index (χ3n) is 3.62. The molecule has 1 fully saturated rings. The SMILES string of the molecule is COC(=O)[C@H]1CN(S(=O)(=O)c2cc(Cl)c(C)c([N+](=O)[O-])c2)CCS1. The van der Waals surface area contributed by atoms with Gasteiger partial charge < -0.3 is 4.74 Å². The van der Waals surface area contributed by atoms with Crippen LogP contribution in [0.25, 0.3) is 0 Å². The summed E-state index contributed by atoms with van der Waals surface area (Å²) in [4.78, 5) is 21.8. The zero-order valence-electron chi connectivity index (χ0n) is 12.9. The van der Waals surface area contributed by atoms with Crippen molar-refractivity contribution in [2.75, 3.05) is 26.0 Å². The van der Waals surface area contributed by atoms with Gasteiger partial charge in [-0.1, -0.05) is 11.6 Å². The molecule has 0 spiro atoms. The molecule has 0 N–H and O–H groups in total. The van der Waals surface area contributed by atoms with Crippen molar-refractivity contribution in [2.45, 2.75) is 17.1 Å². The number of carbonyl (C=O) groups excluding carboxylic acids is 1. The van der Waals surface area contributed by atoms with Crippen LogP contribution >= 0.6 is 23.4 Å². The van der Waals surface area contributed by atoms with Crippen LogP contribution in [0.15, 0.2) is 17.0 Å². The number of hydrogen-bond acceptors (Lipinski definition) is 7. The van der Waals surface area contributed by atoms with E-state index in [0.717, 1.165) is 10.4 Å². The van der Waals surface area contributed by atoms with Crippen molar-refractivity contribution in [3.05, 3.63) is 32.8 Å². The minimum Gasteiger partial charge on any atom is -0.468 e. The second kappa shape index (κ2) is 7.26. The Morgan fingerprint density at radius 1 is 1.50 bits per heavy atom. The molecular weight excluding hydrogens is 380 g/mol. The quantitative estimate of drug-likeness (QED) is 0.435. The summed E-state index contributed by atoms with van der Waals surface area (Å²) in [5, 5.41) is 10.5. The minimum absolute atomic E-state index is 0.00122. The molecule has 0 saturated carbocycles. The molecule has 24 heavy (non-hydrogen) atoms. The van der Waals surface area contributed by atoms with Gasteiger partial charge in [-0.25, -0.2) is 8.42 Å². The number of sulfonamides is 1. The molecule has 8 nitrogen and oxygen atoms in total. The van der Waals surface area contributed by atoms with E-state index in [1.165, 1.54) is 31.9 Å². The van der Waals surface area contributed by atoms with Crippen molar-refractivity contribution in [1.82, 2.24) is 4.31 Å². The fourth-order valence-electron chi connectivity index (χ4n) is 2.25. The highest BCUT2D eigenvalue weighted by Gasteiger charge is 2.35. The first-order valence-electron chi connectivity index (χ1n) is 6.82. The largest absolute Gasteiger partial charge is 0.468 e. The molecule has 1 aliphatic rings. The van der Waals surface area contributed by atoms with Crippen LogP contribution in [0.5, 0.6) is 0 Å². The van der Waals surface area contributed by atoms with Crippen LogP contribution in [-0.2, 0) is 19.6 Å². The molecule has 0 aliphatic carbocycles. The molecule has 11 heteroatoms. The molecule has 0 aromatic heterocycles. The molecule has 1 aliphatic heterocycles. The molecule has 0 radical (unpaired) electrons. The summed E-state index contributed by atoms with van der Waals surface area (Å²) >= 11 is 7.25. The molecule has 0 amide bonds. The molecule has 1 heterocycles. The maximum Gasteiger partial charge on any atom is 0.320 e. The number of esters is 1. The lowest BCUT2D eigenvalue weighted by molar-refractivity contribution is -0.385. The van der Waals surface area contributed by atoms with Gasteiger partial charge in [0.15, 0.2) is 0 Å². The fraction of sp³-hybridized carbons (Fsp3) is 0.462. The summed E-state index contributed by atoms with van der Waals surface area (Å²) < 4.78 is 31.3. The Bertz CT molecular complexity index is 783. The van der Waals surface area contributed by atoms with Gasteiger partial charge in [-0.3, -0.25) is 14.9 Å². The standard InChI is InChI=1S/C13H15ClN2O6S2/c1-8-10(14)5-9(6-11(8)16(18)19)24(20,21)15-3-4-23-12(7-15)13(17)22-2/h5-6,12H,3-4,7H2,1-2H3/t12-/m1/s1. The Kier molecular flexibility index (Phi) is 5.74. The first kappa shape index (κ1) is 19.0. The van der Waals surface area contributed by atoms with E-state index in [2.05, 4.69) is 4.74 Å². The van der Waals surface area contributed by atoms with Gasteiger partial charge in [0.05, 0.1) is 22.0 Å². The summed E-state index contributed by atoms with van der Waals surface area (Å²) in [5.74, 6) is -0.0893. The zero-order chi connectivity index (χ0) is 18.1. The third-order valence-corrected chi connectivity index (χ3v) is 7.02. The minimum atomic E-state index is -4.01. The van der Waals surface area contributed by atoms with Crippen LogP contribution in [0.2, 0.25) is 5.02 Å². The van der Waals surface area contributed by atoms with Crippen molar-refractivity contribution >= 4 is 45.0 Å². The average Bonchev–Trinajstić information content (AvgIpc) is 2.56. The number of hydrogen-bond donors (Lipinski definition) is 0. The number of rotatable bonds is 4. The third kappa shape index (κ3) is 3.66. The van der Waals surface area contributed by atoms with Gasteiger partial charge in [0.2, 0.25) is 10.0 Å². The van der Waals surface area contributed by atoms with Crippen molar-refractivity contribution in [1.29, 1.82) is 0 Å². The second-order valence-electron chi connectivity index (χ2n) is 5.05. The predicted molar refractivity (Wildman–Crippen MR) is 89.9 cm³/mol. The van der Waals surface area contributed by atoms with E-state index in [4.69, 9.17) is 11.6 Å². The van der Waals surface area contributed by atoms with Gasteiger partial charge in [-0.05, 0) is 13.0 Å². The van der Waals surface area contributed by atoms with Crippen LogP contribution in [0.4, 0.5) is 5.69 Å². The highest BCUT2D eigenvalue weighted by molar-refractivity contribution is 8.00. The first-order chi connectivity index (χ1) is 11.2.